The molecule has 0 saturated carbocycles. The van der Waals surface area contributed by atoms with E-state index in [1.165, 1.54) is 7.11 Å². The van der Waals surface area contributed by atoms with E-state index in [4.69, 9.17) is 18.6 Å². The molecule has 6 rings (SSSR count). The van der Waals surface area contributed by atoms with Crippen molar-refractivity contribution in [2.45, 2.75) is 70.0 Å². The monoisotopic (exact) mass is 604 g/mol. The van der Waals surface area contributed by atoms with Crippen LogP contribution in [0.2, 0.25) is 0 Å². The van der Waals surface area contributed by atoms with E-state index in [2.05, 4.69) is 21.2 Å². The summed E-state index contributed by atoms with van der Waals surface area (Å²) in [4.78, 5) is 4.40. The summed E-state index contributed by atoms with van der Waals surface area (Å²) in [6, 6.07) is 4.46. The van der Waals surface area contributed by atoms with Crippen molar-refractivity contribution in [3.05, 3.63) is 63.1 Å². The molecule has 2 bridgehead atoms. The van der Waals surface area contributed by atoms with Crippen LogP contribution in [0.25, 0.3) is 0 Å². The number of fused-ring (bicyclic) bond motifs is 7. The molecule has 3 aliphatic rings. The van der Waals surface area contributed by atoms with E-state index >= 15 is 0 Å². The Labute approximate surface area is 257 Å². The molecular formula is C33H40N4O7. The van der Waals surface area contributed by atoms with Crippen molar-refractivity contribution in [1.29, 1.82) is 5.26 Å². The number of phenolic OH excluding ortho intramolecular Hbond substituents is 1. The number of hydrogen-bond donors (Lipinski definition) is 4. The van der Waals surface area contributed by atoms with Crippen LogP contribution in [0.3, 0.4) is 0 Å². The van der Waals surface area contributed by atoms with Crippen LogP contribution in [0.4, 0.5) is 0 Å². The van der Waals surface area contributed by atoms with E-state index in [9.17, 15) is 20.6 Å². The van der Waals surface area contributed by atoms with Gasteiger partial charge in [-0.15, -0.1) is 0 Å². The number of likely N-dealkylation sites (N-methyl/N-ethyl adjacent to an activating group) is 1. The third-order valence-electron chi connectivity index (χ3n) is 10.0. The molecule has 0 radical (unpaired) electrons. The number of methoxy groups -OCH3 is 3. The van der Waals surface area contributed by atoms with Crippen molar-refractivity contribution in [2.24, 2.45) is 0 Å². The van der Waals surface area contributed by atoms with Crippen molar-refractivity contribution in [2.75, 3.05) is 34.9 Å². The molecule has 1 aromatic heterocycles. The molecule has 3 aliphatic heterocycles. The van der Waals surface area contributed by atoms with Gasteiger partial charge in [0.05, 0.1) is 58.9 Å². The molecule has 0 aliphatic carbocycles. The highest BCUT2D eigenvalue weighted by molar-refractivity contribution is 5.66. The first-order chi connectivity index (χ1) is 21.2. The summed E-state index contributed by atoms with van der Waals surface area (Å²) in [7, 11) is 6.76. The number of nitrogens with zero attached hydrogens (tertiary/aromatic N) is 3. The second-order valence-corrected chi connectivity index (χ2v) is 11.9. The first-order valence-electron chi connectivity index (χ1n) is 14.8. The lowest BCUT2D eigenvalue weighted by atomic mass is 9.71. The normalized spacial score (nSPS) is 24.2. The summed E-state index contributed by atoms with van der Waals surface area (Å²) in [6.45, 7) is 4.19. The molecule has 0 unspecified atom stereocenters. The van der Waals surface area contributed by atoms with E-state index in [0.717, 1.165) is 22.5 Å². The zero-order chi connectivity index (χ0) is 31.4. The molecule has 5 atom stereocenters. The smallest absolute Gasteiger partial charge is 0.167 e. The number of aliphatic hydroxyl groups is 1. The van der Waals surface area contributed by atoms with E-state index in [-0.39, 0.29) is 36.2 Å². The molecule has 11 heteroatoms. The first kappa shape index (κ1) is 30.1. The molecule has 3 aromatic rings. The number of aromatic hydroxyl groups is 2. The number of phenols is 2. The van der Waals surface area contributed by atoms with Gasteiger partial charge < -0.3 is 39.3 Å². The predicted octanol–water partition coefficient (Wildman–Crippen LogP) is 3.39. The van der Waals surface area contributed by atoms with Crippen LogP contribution in [0.15, 0.2) is 22.8 Å². The fraction of sp³-hybridized carbons (Fsp3) is 0.485. The molecule has 1 fully saturated rings. The van der Waals surface area contributed by atoms with Crippen molar-refractivity contribution >= 4 is 0 Å². The Balaban J connectivity index is 1.58. The molecule has 0 spiro atoms. The number of hydrogen-bond acceptors (Lipinski definition) is 11. The lowest BCUT2D eigenvalue weighted by molar-refractivity contribution is -0.0729. The Morgan fingerprint density at radius 1 is 0.977 bits per heavy atom. The van der Waals surface area contributed by atoms with Crippen molar-refractivity contribution in [3.63, 3.8) is 0 Å². The fourth-order valence-electron chi connectivity index (χ4n) is 8.18. The number of ether oxygens (including phenoxy) is 3. The highest BCUT2D eigenvalue weighted by atomic mass is 16.5. The lowest BCUT2D eigenvalue weighted by Crippen LogP contribution is -2.68. The average Bonchev–Trinajstić information content (AvgIpc) is 3.52. The Hall–Kier alpha value is -3.95. The third-order valence-corrected chi connectivity index (χ3v) is 10.0. The van der Waals surface area contributed by atoms with E-state index in [1.54, 1.807) is 20.5 Å². The van der Waals surface area contributed by atoms with Crippen molar-refractivity contribution < 1.29 is 33.9 Å². The fourth-order valence-corrected chi connectivity index (χ4v) is 8.18. The number of rotatable bonds is 8. The van der Waals surface area contributed by atoms with Gasteiger partial charge >= 0.3 is 0 Å². The second kappa shape index (κ2) is 11.5. The first-order valence-corrected chi connectivity index (χ1v) is 14.8. The maximum absolute atomic E-state index is 11.7. The lowest BCUT2D eigenvalue weighted by Gasteiger charge is -2.60. The molecule has 234 valence electrons. The SMILES string of the molecule is COc1c(C)c(OC)c2c(c1O)[C@H]1[C@@H]3Cc4c(OC)c(C)c(CO)c(O)c4[C@H](CNCc4ccco4)N3[C@@H](C#N)[C@H](C2)N1C. The molecule has 11 nitrogen and oxygen atoms in total. The van der Waals surface area contributed by atoms with Crippen molar-refractivity contribution in [3.8, 4) is 34.8 Å². The highest BCUT2D eigenvalue weighted by Crippen LogP contribution is 2.58. The molecule has 1 saturated heterocycles. The number of benzene rings is 2. The summed E-state index contributed by atoms with van der Waals surface area (Å²) >= 11 is 0. The van der Waals surface area contributed by atoms with Gasteiger partial charge in [-0.05, 0) is 45.9 Å². The van der Waals surface area contributed by atoms with Gasteiger partial charge in [-0.1, -0.05) is 0 Å². The van der Waals surface area contributed by atoms with Crippen LogP contribution in [-0.4, -0.2) is 78.2 Å². The maximum atomic E-state index is 11.7. The van der Waals surface area contributed by atoms with E-state index < -0.39 is 12.1 Å². The van der Waals surface area contributed by atoms with E-state index in [0.29, 0.717) is 65.4 Å². The van der Waals surface area contributed by atoms with Gasteiger partial charge in [0.15, 0.2) is 11.5 Å². The number of nitriles is 1. The van der Waals surface area contributed by atoms with Crippen LogP contribution in [0.1, 0.15) is 56.8 Å². The molecule has 44 heavy (non-hydrogen) atoms. The number of furan rings is 1. The quantitative estimate of drug-likeness (QED) is 0.300. The Bertz CT molecular complexity index is 1620. The minimum atomic E-state index is -0.559. The molecule has 4 heterocycles. The van der Waals surface area contributed by atoms with Gasteiger partial charge in [0.2, 0.25) is 0 Å². The van der Waals surface area contributed by atoms with Crippen LogP contribution < -0.4 is 19.5 Å². The van der Waals surface area contributed by atoms with Gasteiger partial charge in [0.1, 0.15) is 29.1 Å². The second-order valence-electron chi connectivity index (χ2n) is 11.9. The minimum absolute atomic E-state index is 0.0204. The van der Waals surface area contributed by atoms with Gasteiger partial charge in [-0.3, -0.25) is 9.80 Å². The topological polar surface area (TPSA) is 144 Å². The Kier molecular flexibility index (Phi) is 7.88. The van der Waals surface area contributed by atoms with Crippen molar-refractivity contribution in [1.82, 2.24) is 15.1 Å². The van der Waals surface area contributed by atoms with Gasteiger partial charge in [0.25, 0.3) is 0 Å². The summed E-state index contributed by atoms with van der Waals surface area (Å²) in [5.41, 5.74) is 4.88. The molecule has 4 N–H and O–H groups in total. The number of aliphatic hydroxyl groups excluding tert-OH is 1. The summed E-state index contributed by atoms with van der Waals surface area (Å²) in [5.74, 6) is 2.50. The number of piperazine rings is 1. The van der Waals surface area contributed by atoms with Gasteiger partial charge in [0, 0.05) is 57.6 Å². The van der Waals surface area contributed by atoms with Crippen LogP contribution >= 0.6 is 0 Å². The summed E-state index contributed by atoms with van der Waals surface area (Å²) < 4.78 is 23.1. The van der Waals surface area contributed by atoms with Crippen LogP contribution in [0, 0.1) is 25.2 Å². The Morgan fingerprint density at radius 3 is 2.25 bits per heavy atom. The standard InChI is InChI=1S/C33H40N4O7/c1-16-21(15-38)29(39)26-19(31(16)41-4)11-23-28-27-20(32(42-5)17(2)33(43-6)30(27)40)10-22(36(28)3)24(12-34)37(23)25(26)14-35-13-18-8-7-9-44-18/h7-9,22-25,28,35,38-40H,10-11,13-15H2,1-6H3/t22-,23-,24-,25-,28+/m0/s1. The average molecular weight is 605 g/mol. The zero-order valence-electron chi connectivity index (χ0n) is 26.0. The number of nitrogens with one attached hydrogen (secondary N) is 1. The predicted molar refractivity (Wildman–Crippen MR) is 161 cm³/mol. The molecular weight excluding hydrogens is 564 g/mol. The Morgan fingerprint density at radius 2 is 1.64 bits per heavy atom. The van der Waals surface area contributed by atoms with Gasteiger partial charge in [-0.25, -0.2) is 0 Å². The maximum Gasteiger partial charge on any atom is 0.167 e. The third kappa shape index (κ3) is 4.24. The summed E-state index contributed by atoms with van der Waals surface area (Å²) in [5, 5.41) is 48.0. The molecule has 0 amide bonds. The summed E-state index contributed by atoms with van der Waals surface area (Å²) in [6.07, 6.45) is 2.54. The highest BCUT2D eigenvalue weighted by Gasteiger charge is 2.56. The largest absolute Gasteiger partial charge is 0.507 e. The van der Waals surface area contributed by atoms with Gasteiger partial charge in [-0.2, -0.15) is 5.26 Å². The molecule has 2 aromatic carbocycles. The van der Waals surface area contributed by atoms with E-state index in [1.807, 2.05) is 33.0 Å². The zero-order valence-corrected chi connectivity index (χ0v) is 26.0. The minimum Gasteiger partial charge on any atom is -0.507 e. The van der Waals surface area contributed by atoms with Crippen LogP contribution in [-0.2, 0) is 26.0 Å². The van der Waals surface area contributed by atoms with Crippen LogP contribution in [0.5, 0.6) is 28.7 Å².